The van der Waals surface area contributed by atoms with Crippen molar-refractivity contribution >= 4 is 35.7 Å². The van der Waals surface area contributed by atoms with Crippen LogP contribution >= 0.6 is 11.8 Å². The lowest BCUT2D eigenvalue weighted by Gasteiger charge is -2.29. The molecule has 37 heavy (non-hydrogen) atoms. The van der Waals surface area contributed by atoms with E-state index in [9.17, 15) is 19.2 Å². The van der Waals surface area contributed by atoms with E-state index in [-0.39, 0.29) is 29.5 Å². The summed E-state index contributed by atoms with van der Waals surface area (Å²) in [5.74, 6) is -1.88. The molecule has 9 nitrogen and oxygen atoms in total. The summed E-state index contributed by atoms with van der Waals surface area (Å²) in [5, 5.41) is 2.76. The van der Waals surface area contributed by atoms with E-state index in [1.54, 1.807) is 31.2 Å². The van der Waals surface area contributed by atoms with Gasteiger partial charge in [0.15, 0.2) is 5.54 Å². The number of hydrogen-bond donors (Lipinski definition) is 1. The maximum absolute atomic E-state index is 13.8. The van der Waals surface area contributed by atoms with Gasteiger partial charge in [-0.1, -0.05) is 60.7 Å². The van der Waals surface area contributed by atoms with Crippen LogP contribution in [0.15, 0.2) is 82.5 Å². The summed E-state index contributed by atoms with van der Waals surface area (Å²) >= 11 is 1.20. The van der Waals surface area contributed by atoms with Crippen molar-refractivity contribution in [3.63, 3.8) is 0 Å². The van der Waals surface area contributed by atoms with Crippen molar-refractivity contribution in [3.05, 3.63) is 93.7 Å². The van der Waals surface area contributed by atoms with Crippen molar-refractivity contribution in [3.8, 4) is 0 Å². The highest BCUT2D eigenvalue weighted by Gasteiger charge is 2.57. The summed E-state index contributed by atoms with van der Waals surface area (Å²) in [6.07, 6.45) is -0.904. The van der Waals surface area contributed by atoms with Gasteiger partial charge in [0.2, 0.25) is 0 Å². The first-order valence-corrected chi connectivity index (χ1v) is 12.4. The molecular weight excluding hydrogens is 496 g/mol. The number of methoxy groups -OCH3 is 1. The van der Waals surface area contributed by atoms with E-state index in [1.165, 1.54) is 25.8 Å². The van der Waals surface area contributed by atoms with Crippen LogP contribution in [-0.2, 0) is 41.8 Å². The zero-order valence-corrected chi connectivity index (χ0v) is 21.4. The van der Waals surface area contributed by atoms with E-state index in [2.05, 4.69) is 5.32 Å². The maximum Gasteiger partial charge on any atom is 0.408 e. The summed E-state index contributed by atoms with van der Waals surface area (Å²) < 4.78 is 15.8. The molecule has 0 saturated carbocycles. The van der Waals surface area contributed by atoms with Gasteiger partial charge in [-0.15, -0.1) is 11.8 Å². The molecule has 2 aromatic rings. The van der Waals surface area contributed by atoms with Crippen LogP contribution in [0.4, 0.5) is 4.79 Å². The Bertz CT molecular complexity index is 1290. The molecule has 0 radical (unpaired) electrons. The lowest BCUT2D eigenvalue weighted by Crippen LogP contribution is -2.55. The second kappa shape index (κ2) is 10.9. The number of benzene rings is 2. The van der Waals surface area contributed by atoms with Crippen molar-refractivity contribution in [1.29, 1.82) is 0 Å². The number of rotatable bonds is 7. The van der Waals surface area contributed by atoms with Crippen molar-refractivity contribution in [2.24, 2.45) is 0 Å². The molecule has 2 aliphatic rings. The van der Waals surface area contributed by atoms with Crippen LogP contribution in [0.1, 0.15) is 25.0 Å². The number of nitrogens with zero attached hydrogens (tertiary/aromatic N) is 1. The van der Waals surface area contributed by atoms with Crippen LogP contribution in [0, 0.1) is 0 Å². The van der Waals surface area contributed by atoms with Crippen molar-refractivity contribution in [2.75, 3.05) is 12.9 Å². The van der Waals surface area contributed by atoms with Crippen LogP contribution in [0.2, 0.25) is 0 Å². The number of alkyl carbamates (subject to hydrolysis) is 1. The molecule has 192 valence electrons. The number of carbonyl (C=O) groups is 4. The summed E-state index contributed by atoms with van der Waals surface area (Å²) in [6.45, 7) is 3.02. The Morgan fingerprint density at radius 3 is 2.08 bits per heavy atom. The minimum atomic E-state index is -1.85. The highest BCUT2D eigenvalue weighted by atomic mass is 32.2. The van der Waals surface area contributed by atoms with Gasteiger partial charge in [0.05, 0.1) is 12.1 Å². The van der Waals surface area contributed by atoms with E-state index in [0.29, 0.717) is 11.3 Å². The average molecular weight is 523 g/mol. The predicted molar refractivity (Wildman–Crippen MR) is 135 cm³/mol. The van der Waals surface area contributed by atoms with Gasteiger partial charge in [-0.2, -0.15) is 0 Å². The van der Waals surface area contributed by atoms with Crippen LogP contribution in [0.25, 0.3) is 0 Å². The first-order chi connectivity index (χ1) is 17.8. The highest BCUT2D eigenvalue weighted by Crippen LogP contribution is 2.46. The molecule has 2 amide bonds. The van der Waals surface area contributed by atoms with Crippen LogP contribution in [0.3, 0.4) is 0 Å². The van der Waals surface area contributed by atoms with Gasteiger partial charge in [0, 0.05) is 5.75 Å². The van der Waals surface area contributed by atoms with E-state index >= 15 is 0 Å². The first kappa shape index (κ1) is 26.0. The second-order valence-electron chi connectivity index (χ2n) is 8.60. The van der Waals surface area contributed by atoms with E-state index < -0.39 is 29.5 Å². The minimum Gasteiger partial charge on any atom is -0.464 e. The van der Waals surface area contributed by atoms with Crippen molar-refractivity contribution in [2.45, 2.75) is 32.6 Å². The molecule has 2 heterocycles. The minimum absolute atomic E-state index is 0.0118. The summed E-state index contributed by atoms with van der Waals surface area (Å²) in [7, 11) is 1.21. The normalized spacial score (nSPS) is 18.9. The molecule has 0 saturated heterocycles. The van der Waals surface area contributed by atoms with E-state index in [4.69, 9.17) is 14.2 Å². The molecule has 0 fully saturated rings. The quantitative estimate of drug-likeness (QED) is 0.433. The largest absolute Gasteiger partial charge is 0.464 e. The van der Waals surface area contributed by atoms with Gasteiger partial charge in [-0.3, -0.25) is 9.69 Å². The molecule has 2 aliphatic heterocycles. The number of nitrogens with one attached hydrogen (secondary N) is 1. The summed E-state index contributed by atoms with van der Waals surface area (Å²) in [5.41, 5.74) is 0.180. The molecular formula is C27H26N2O7S. The molecule has 1 atom stereocenters. The third-order valence-corrected chi connectivity index (χ3v) is 7.20. The Morgan fingerprint density at radius 1 is 0.946 bits per heavy atom. The molecule has 0 aromatic heterocycles. The predicted octanol–water partition coefficient (Wildman–Crippen LogP) is 3.66. The molecule has 0 bridgehead atoms. The third-order valence-electron chi connectivity index (χ3n) is 5.96. The average Bonchev–Trinajstić information content (AvgIpc) is 3.13. The molecule has 0 aliphatic carbocycles. The van der Waals surface area contributed by atoms with Gasteiger partial charge in [0.25, 0.3) is 5.91 Å². The zero-order chi connectivity index (χ0) is 26.6. The Balaban J connectivity index is 1.66. The number of esters is 2. The second-order valence-corrected chi connectivity index (χ2v) is 9.57. The maximum atomic E-state index is 13.8. The molecule has 2 aromatic carbocycles. The summed E-state index contributed by atoms with van der Waals surface area (Å²) in [6, 6.07) is 18.1. The van der Waals surface area contributed by atoms with E-state index in [1.807, 2.05) is 36.4 Å². The Morgan fingerprint density at radius 2 is 1.51 bits per heavy atom. The first-order valence-electron chi connectivity index (χ1n) is 11.5. The Hall–Kier alpha value is -4.05. The number of fused-ring (bicyclic) bond motifs is 1. The van der Waals surface area contributed by atoms with Gasteiger partial charge >= 0.3 is 18.0 Å². The number of hydrogen-bond acceptors (Lipinski definition) is 8. The number of carbonyl (C=O) groups excluding carboxylic acids is 4. The van der Waals surface area contributed by atoms with Crippen LogP contribution < -0.4 is 5.32 Å². The lowest BCUT2D eigenvalue weighted by molar-refractivity contribution is -0.143. The molecule has 4 rings (SSSR count). The van der Waals surface area contributed by atoms with Gasteiger partial charge in [-0.25, -0.2) is 14.4 Å². The van der Waals surface area contributed by atoms with Crippen LogP contribution in [0.5, 0.6) is 0 Å². The Kier molecular flexibility index (Phi) is 7.68. The van der Waals surface area contributed by atoms with Gasteiger partial charge in [0.1, 0.15) is 24.5 Å². The molecule has 1 N–H and O–H groups in total. The number of thioether (sulfide) groups is 1. The van der Waals surface area contributed by atoms with Gasteiger partial charge < -0.3 is 19.5 Å². The molecule has 1 unspecified atom stereocenters. The fourth-order valence-electron chi connectivity index (χ4n) is 4.05. The Labute approximate surface area is 218 Å². The topological polar surface area (TPSA) is 111 Å². The highest BCUT2D eigenvalue weighted by molar-refractivity contribution is 8.03. The number of amides is 2. The van der Waals surface area contributed by atoms with E-state index in [0.717, 1.165) is 16.0 Å². The standard InChI is InChI=1S/C27H26N2O7S/c1-17-16-37-22-20(23(30)35-14-18-10-6-4-7-11-18)27(2,25(32)29(22)21(17)24(31)34-3)28-26(33)36-15-19-12-8-5-9-13-19/h4-13H,14-16H2,1-3H3,(H,28,33). The monoisotopic (exact) mass is 522 g/mol. The molecule has 0 spiro atoms. The summed E-state index contributed by atoms with van der Waals surface area (Å²) in [4.78, 5) is 53.8. The van der Waals surface area contributed by atoms with Crippen molar-refractivity contribution in [1.82, 2.24) is 10.2 Å². The smallest absolute Gasteiger partial charge is 0.408 e. The fourth-order valence-corrected chi connectivity index (χ4v) is 5.28. The third kappa shape index (κ3) is 5.24. The lowest BCUT2D eigenvalue weighted by atomic mass is 9.94. The molecule has 10 heteroatoms. The fraction of sp³-hybridized carbons (Fsp3) is 0.259. The van der Waals surface area contributed by atoms with Gasteiger partial charge in [-0.05, 0) is 30.5 Å². The van der Waals surface area contributed by atoms with Crippen LogP contribution in [-0.4, -0.2) is 47.2 Å². The SMILES string of the molecule is COC(=O)C1=C(C)CSC2=C(C(=O)OCc3ccccc3)C(C)(NC(=O)OCc3ccccc3)C(=O)N21. The van der Waals surface area contributed by atoms with Crippen molar-refractivity contribution < 1.29 is 33.4 Å². The zero-order valence-electron chi connectivity index (χ0n) is 20.6. The number of ether oxygens (including phenoxy) is 3.